The van der Waals surface area contributed by atoms with Crippen molar-refractivity contribution in [2.75, 3.05) is 7.11 Å². The second kappa shape index (κ2) is 6.75. The van der Waals surface area contributed by atoms with E-state index >= 15 is 0 Å². The molecular weight excluding hydrogens is 254 g/mol. The number of phenolic OH excluding ortho intramolecular Hbond substituents is 1. The number of phenols is 1. The number of ether oxygens (including phenoxy) is 1. The van der Waals surface area contributed by atoms with Crippen molar-refractivity contribution in [3.63, 3.8) is 0 Å². The average Bonchev–Trinajstić information content (AvgIpc) is 2.37. The lowest BCUT2D eigenvalue weighted by atomic mass is 9.79. The Labute approximate surface area is 120 Å². The molecule has 4 nitrogen and oxygen atoms in total. The molecule has 0 spiro atoms. The van der Waals surface area contributed by atoms with Crippen LogP contribution in [0.3, 0.4) is 0 Å². The third kappa shape index (κ3) is 4.23. The molecule has 1 rings (SSSR count). The van der Waals surface area contributed by atoms with Gasteiger partial charge in [-0.15, -0.1) is 0 Å². The summed E-state index contributed by atoms with van der Waals surface area (Å²) >= 11 is 0. The Morgan fingerprint density at radius 1 is 1.45 bits per heavy atom. The lowest BCUT2D eigenvalue weighted by molar-refractivity contribution is 0.0597. The molecule has 0 bridgehead atoms. The molecule has 0 aliphatic heterocycles. The minimum Gasteiger partial charge on any atom is -0.507 e. The lowest BCUT2D eigenvalue weighted by Gasteiger charge is -2.26. The molecule has 0 amide bonds. The summed E-state index contributed by atoms with van der Waals surface area (Å²) in [4.78, 5) is 11.6. The molecule has 0 aliphatic carbocycles. The van der Waals surface area contributed by atoms with E-state index in [4.69, 9.17) is 5.73 Å². The average molecular weight is 279 g/mol. The molecule has 4 heteroatoms. The maximum atomic E-state index is 11.6. The van der Waals surface area contributed by atoms with Gasteiger partial charge >= 0.3 is 5.97 Å². The van der Waals surface area contributed by atoms with Gasteiger partial charge in [-0.3, -0.25) is 0 Å². The SMILES string of the molecule is COC(=O)c1cc(C(C)(C)CCCC(C)N)ccc1O. The molecule has 112 valence electrons. The predicted molar refractivity (Wildman–Crippen MR) is 80.0 cm³/mol. The standard InChI is InChI=1S/C16H25NO3/c1-11(17)6-5-9-16(2,3)12-7-8-14(18)13(10-12)15(19)20-4/h7-8,10-11,18H,5-6,9,17H2,1-4H3. The Kier molecular flexibility index (Phi) is 5.57. The van der Waals surface area contributed by atoms with Gasteiger partial charge in [0, 0.05) is 6.04 Å². The van der Waals surface area contributed by atoms with Crippen LogP contribution in [0.4, 0.5) is 0 Å². The maximum absolute atomic E-state index is 11.6. The highest BCUT2D eigenvalue weighted by molar-refractivity contribution is 5.92. The van der Waals surface area contributed by atoms with Gasteiger partial charge in [-0.25, -0.2) is 4.79 Å². The molecular formula is C16H25NO3. The number of hydrogen-bond donors (Lipinski definition) is 2. The summed E-state index contributed by atoms with van der Waals surface area (Å²) in [6.45, 7) is 6.26. The van der Waals surface area contributed by atoms with Crippen LogP contribution in [-0.4, -0.2) is 24.2 Å². The summed E-state index contributed by atoms with van der Waals surface area (Å²) in [5.41, 5.74) is 6.92. The Hall–Kier alpha value is -1.55. The van der Waals surface area contributed by atoms with Gasteiger partial charge in [-0.1, -0.05) is 26.3 Å². The maximum Gasteiger partial charge on any atom is 0.341 e. The molecule has 1 atom stereocenters. The van der Waals surface area contributed by atoms with Gasteiger partial charge in [0.05, 0.1) is 7.11 Å². The molecule has 1 aromatic carbocycles. The summed E-state index contributed by atoms with van der Waals surface area (Å²) in [7, 11) is 1.31. The van der Waals surface area contributed by atoms with Gasteiger partial charge < -0.3 is 15.6 Å². The molecule has 20 heavy (non-hydrogen) atoms. The van der Waals surface area contributed by atoms with E-state index in [9.17, 15) is 9.90 Å². The zero-order chi connectivity index (χ0) is 15.3. The van der Waals surface area contributed by atoms with Gasteiger partial charge in [0.25, 0.3) is 0 Å². The van der Waals surface area contributed by atoms with Gasteiger partial charge in [0.15, 0.2) is 0 Å². The van der Waals surface area contributed by atoms with Crippen molar-refractivity contribution in [1.82, 2.24) is 0 Å². The number of hydrogen-bond acceptors (Lipinski definition) is 4. The van der Waals surface area contributed by atoms with Crippen LogP contribution in [0.15, 0.2) is 18.2 Å². The van der Waals surface area contributed by atoms with E-state index in [-0.39, 0.29) is 22.8 Å². The smallest absolute Gasteiger partial charge is 0.341 e. The second-order valence-corrected chi connectivity index (χ2v) is 5.98. The zero-order valence-corrected chi connectivity index (χ0v) is 12.8. The fourth-order valence-corrected chi connectivity index (χ4v) is 2.24. The van der Waals surface area contributed by atoms with E-state index in [2.05, 4.69) is 18.6 Å². The van der Waals surface area contributed by atoms with Gasteiger partial charge in [0.1, 0.15) is 11.3 Å². The highest BCUT2D eigenvalue weighted by Crippen LogP contribution is 2.32. The molecule has 0 heterocycles. The van der Waals surface area contributed by atoms with E-state index in [1.165, 1.54) is 7.11 Å². The van der Waals surface area contributed by atoms with E-state index in [0.717, 1.165) is 24.8 Å². The first-order chi connectivity index (χ1) is 9.27. The monoisotopic (exact) mass is 279 g/mol. The zero-order valence-electron chi connectivity index (χ0n) is 12.8. The lowest BCUT2D eigenvalue weighted by Crippen LogP contribution is -2.20. The molecule has 1 aromatic rings. The summed E-state index contributed by atoms with van der Waals surface area (Å²) in [6, 6.07) is 5.33. The van der Waals surface area contributed by atoms with Crippen LogP contribution >= 0.6 is 0 Å². The fourth-order valence-electron chi connectivity index (χ4n) is 2.24. The van der Waals surface area contributed by atoms with Crippen molar-refractivity contribution >= 4 is 5.97 Å². The number of methoxy groups -OCH3 is 1. The molecule has 0 aromatic heterocycles. The Bertz CT molecular complexity index is 467. The number of esters is 1. The van der Waals surface area contributed by atoms with Crippen molar-refractivity contribution in [3.05, 3.63) is 29.3 Å². The predicted octanol–water partition coefficient (Wildman–Crippen LogP) is 2.97. The number of benzene rings is 1. The van der Waals surface area contributed by atoms with E-state index in [1.807, 2.05) is 13.0 Å². The summed E-state index contributed by atoms with van der Waals surface area (Å²) in [6.07, 6.45) is 2.98. The summed E-state index contributed by atoms with van der Waals surface area (Å²) in [5, 5.41) is 9.73. The number of carbonyl (C=O) groups is 1. The van der Waals surface area contributed by atoms with Crippen molar-refractivity contribution in [2.45, 2.75) is 51.5 Å². The molecule has 0 saturated heterocycles. The topological polar surface area (TPSA) is 72.5 Å². The van der Waals surface area contributed by atoms with Crippen LogP contribution in [0, 0.1) is 0 Å². The first kappa shape index (κ1) is 16.5. The number of aromatic hydroxyl groups is 1. The second-order valence-electron chi connectivity index (χ2n) is 5.98. The number of nitrogens with two attached hydrogens (primary N) is 1. The largest absolute Gasteiger partial charge is 0.507 e. The van der Waals surface area contributed by atoms with E-state index in [1.54, 1.807) is 12.1 Å². The van der Waals surface area contributed by atoms with E-state index in [0.29, 0.717) is 0 Å². The molecule has 0 saturated carbocycles. The number of rotatable bonds is 6. The summed E-state index contributed by atoms with van der Waals surface area (Å²) in [5.74, 6) is -0.567. The fraction of sp³-hybridized carbons (Fsp3) is 0.562. The molecule has 3 N–H and O–H groups in total. The quantitative estimate of drug-likeness (QED) is 0.785. The molecule has 0 radical (unpaired) electrons. The normalized spacial score (nSPS) is 13.1. The van der Waals surface area contributed by atoms with Gasteiger partial charge in [-0.05, 0) is 42.9 Å². The van der Waals surface area contributed by atoms with Crippen LogP contribution in [0.5, 0.6) is 5.75 Å². The third-order valence-electron chi connectivity index (χ3n) is 3.64. The van der Waals surface area contributed by atoms with Crippen LogP contribution in [-0.2, 0) is 10.2 Å². The Morgan fingerprint density at radius 3 is 2.65 bits per heavy atom. The van der Waals surface area contributed by atoms with Crippen molar-refractivity contribution in [2.24, 2.45) is 5.73 Å². The van der Waals surface area contributed by atoms with Crippen LogP contribution in [0.1, 0.15) is 56.0 Å². The van der Waals surface area contributed by atoms with E-state index < -0.39 is 5.97 Å². The van der Waals surface area contributed by atoms with Crippen molar-refractivity contribution < 1.29 is 14.6 Å². The minimum absolute atomic E-state index is 0.0491. The summed E-state index contributed by atoms with van der Waals surface area (Å²) < 4.78 is 4.68. The third-order valence-corrected chi connectivity index (χ3v) is 3.64. The molecule has 0 fully saturated rings. The first-order valence-electron chi connectivity index (χ1n) is 6.95. The van der Waals surface area contributed by atoms with Crippen LogP contribution < -0.4 is 5.73 Å². The van der Waals surface area contributed by atoms with Crippen molar-refractivity contribution in [1.29, 1.82) is 0 Å². The van der Waals surface area contributed by atoms with Crippen LogP contribution in [0.25, 0.3) is 0 Å². The first-order valence-corrected chi connectivity index (χ1v) is 6.95. The van der Waals surface area contributed by atoms with Gasteiger partial charge in [0.2, 0.25) is 0 Å². The molecule has 0 aliphatic rings. The number of carbonyl (C=O) groups excluding carboxylic acids is 1. The highest BCUT2D eigenvalue weighted by atomic mass is 16.5. The van der Waals surface area contributed by atoms with Crippen LogP contribution in [0.2, 0.25) is 0 Å². The van der Waals surface area contributed by atoms with Crippen molar-refractivity contribution in [3.8, 4) is 5.75 Å². The minimum atomic E-state index is -0.518. The van der Waals surface area contributed by atoms with Gasteiger partial charge in [-0.2, -0.15) is 0 Å². The molecule has 1 unspecified atom stereocenters. The Balaban J connectivity index is 2.92. The Morgan fingerprint density at radius 2 is 2.10 bits per heavy atom. The highest BCUT2D eigenvalue weighted by Gasteiger charge is 2.23.